The second-order valence-electron chi connectivity index (χ2n) is 7.90. The van der Waals surface area contributed by atoms with Crippen LogP contribution in [-0.2, 0) is 17.1 Å². The fourth-order valence-corrected chi connectivity index (χ4v) is 6.37. The number of hydrogen-bond acceptors (Lipinski definition) is 6. The number of piperidine rings is 1. The highest BCUT2D eigenvalue weighted by Crippen LogP contribution is 2.35. The maximum absolute atomic E-state index is 13.0. The first-order valence-electron chi connectivity index (χ1n) is 9.89. The summed E-state index contributed by atoms with van der Waals surface area (Å²) in [7, 11) is -1.94. The molecule has 9 nitrogen and oxygen atoms in total. The van der Waals surface area contributed by atoms with E-state index in [1.165, 1.54) is 8.99 Å². The van der Waals surface area contributed by atoms with Crippen molar-refractivity contribution in [3.05, 3.63) is 27.8 Å². The molecule has 10 heteroatoms. The van der Waals surface area contributed by atoms with Gasteiger partial charge in [0.25, 0.3) is 0 Å². The molecule has 0 radical (unpaired) electrons. The van der Waals surface area contributed by atoms with E-state index in [4.69, 9.17) is 4.52 Å². The third-order valence-corrected chi connectivity index (χ3v) is 8.20. The summed E-state index contributed by atoms with van der Waals surface area (Å²) in [6.45, 7) is 4.05. The molecule has 2 aromatic heterocycles. The average molecular weight is 410 g/mol. The molecule has 1 saturated carbocycles. The van der Waals surface area contributed by atoms with Crippen LogP contribution < -0.4 is 5.69 Å². The zero-order valence-electron chi connectivity index (χ0n) is 16.6. The predicted octanol–water partition coefficient (Wildman–Crippen LogP) is 1.87. The molecule has 0 N–H and O–H groups in total. The molecule has 28 heavy (non-hydrogen) atoms. The highest BCUT2D eigenvalue weighted by molar-refractivity contribution is 7.89. The van der Waals surface area contributed by atoms with Crippen LogP contribution in [0.4, 0.5) is 0 Å². The SMILES string of the molecule is Cc1noc(C)c1S(=O)(=O)N1CCC(c2nn(C)c(=O)n2C2CCCC2)CC1. The van der Waals surface area contributed by atoms with Crippen molar-refractivity contribution in [3.63, 3.8) is 0 Å². The zero-order chi connectivity index (χ0) is 20.1. The van der Waals surface area contributed by atoms with Gasteiger partial charge in [-0.05, 0) is 39.5 Å². The summed E-state index contributed by atoms with van der Waals surface area (Å²) in [4.78, 5) is 12.8. The summed E-state index contributed by atoms with van der Waals surface area (Å²) in [5.41, 5.74) is 0.326. The molecule has 0 spiro atoms. The molecule has 3 heterocycles. The Kier molecular flexibility index (Phi) is 4.95. The van der Waals surface area contributed by atoms with Gasteiger partial charge in [0.2, 0.25) is 10.0 Å². The Morgan fingerprint density at radius 1 is 1.07 bits per heavy atom. The normalized spacial score (nSPS) is 20.2. The van der Waals surface area contributed by atoms with E-state index >= 15 is 0 Å². The van der Waals surface area contributed by atoms with Gasteiger partial charge in [-0.2, -0.15) is 9.40 Å². The van der Waals surface area contributed by atoms with Crippen LogP contribution in [0.5, 0.6) is 0 Å². The van der Waals surface area contributed by atoms with Crippen LogP contribution in [-0.4, -0.2) is 45.3 Å². The van der Waals surface area contributed by atoms with Crippen LogP contribution in [0.1, 0.15) is 67.8 Å². The van der Waals surface area contributed by atoms with Gasteiger partial charge >= 0.3 is 5.69 Å². The summed E-state index contributed by atoms with van der Waals surface area (Å²) < 4.78 is 35.9. The smallest absolute Gasteiger partial charge is 0.345 e. The van der Waals surface area contributed by atoms with Crippen LogP contribution in [0, 0.1) is 13.8 Å². The molecule has 1 aliphatic carbocycles. The number of sulfonamides is 1. The molecule has 2 fully saturated rings. The van der Waals surface area contributed by atoms with E-state index in [-0.39, 0.29) is 22.5 Å². The van der Waals surface area contributed by atoms with Gasteiger partial charge < -0.3 is 4.52 Å². The maximum atomic E-state index is 13.0. The van der Waals surface area contributed by atoms with Gasteiger partial charge in [-0.1, -0.05) is 18.0 Å². The van der Waals surface area contributed by atoms with Crippen molar-refractivity contribution < 1.29 is 12.9 Å². The first-order valence-corrected chi connectivity index (χ1v) is 11.3. The summed E-state index contributed by atoms with van der Waals surface area (Å²) in [5.74, 6) is 1.22. The van der Waals surface area contributed by atoms with Gasteiger partial charge in [0.05, 0.1) is 0 Å². The van der Waals surface area contributed by atoms with Gasteiger partial charge in [0, 0.05) is 32.1 Å². The second kappa shape index (κ2) is 7.14. The number of hydrogen-bond donors (Lipinski definition) is 0. The van der Waals surface area contributed by atoms with Crippen LogP contribution in [0.2, 0.25) is 0 Å². The monoisotopic (exact) mass is 409 g/mol. The summed E-state index contributed by atoms with van der Waals surface area (Å²) in [6.07, 6.45) is 5.59. The third kappa shape index (κ3) is 3.12. The molecule has 154 valence electrons. The topological polar surface area (TPSA) is 103 Å². The molecular weight excluding hydrogens is 382 g/mol. The van der Waals surface area contributed by atoms with Gasteiger partial charge in [0.15, 0.2) is 5.76 Å². The van der Waals surface area contributed by atoms with E-state index in [9.17, 15) is 13.2 Å². The third-order valence-electron chi connectivity index (χ3n) is 6.06. The highest BCUT2D eigenvalue weighted by atomic mass is 32.2. The molecule has 2 aliphatic rings. The van der Waals surface area contributed by atoms with Crippen molar-refractivity contribution in [1.82, 2.24) is 23.8 Å². The standard InChI is InChI=1S/C18H27N5O4S/c1-12-16(13(2)27-20-12)28(25,26)22-10-8-14(9-11-22)17-19-21(3)18(24)23(17)15-6-4-5-7-15/h14-15H,4-11H2,1-3H3. The Morgan fingerprint density at radius 3 is 2.29 bits per heavy atom. The van der Waals surface area contributed by atoms with Crippen LogP contribution in [0.15, 0.2) is 14.2 Å². The number of rotatable bonds is 4. The van der Waals surface area contributed by atoms with Gasteiger partial charge in [0.1, 0.15) is 16.4 Å². The molecule has 0 amide bonds. The zero-order valence-corrected chi connectivity index (χ0v) is 17.4. The second-order valence-corrected chi connectivity index (χ2v) is 9.78. The van der Waals surface area contributed by atoms with E-state index in [1.807, 2.05) is 4.57 Å². The number of aromatic nitrogens is 4. The Labute approximate surface area is 164 Å². The van der Waals surface area contributed by atoms with E-state index in [2.05, 4.69) is 10.3 Å². The van der Waals surface area contributed by atoms with Gasteiger partial charge in [-0.15, -0.1) is 0 Å². The first kappa shape index (κ1) is 19.4. The molecule has 0 aromatic carbocycles. The molecule has 1 saturated heterocycles. The van der Waals surface area contributed by atoms with E-state index in [0.717, 1.165) is 31.5 Å². The van der Waals surface area contributed by atoms with Crippen molar-refractivity contribution in [3.8, 4) is 0 Å². The maximum Gasteiger partial charge on any atom is 0.345 e. The molecule has 0 bridgehead atoms. The fourth-order valence-electron chi connectivity index (χ4n) is 4.61. The van der Waals surface area contributed by atoms with Gasteiger partial charge in [-0.25, -0.2) is 17.9 Å². The van der Waals surface area contributed by atoms with Crippen LogP contribution >= 0.6 is 0 Å². The largest absolute Gasteiger partial charge is 0.360 e. The molecule has 0 unspecified atom stereocenters. The quantitative estimate of drug-likeness (QED) is 0.764. The Balaban J connectivity index is 1.56. The lowest BCUT2D eigenvalue weighted by Gasteiger charge is -2.31. The lowest BCUT2D eigenvalue weighted by atomic mass is 9.97. The Hall–Kier alpha value is -1.94. The van der Waals surface area contributed by atoms with Crippen molar-refractivity contribution in [2.75, 3.05) is 13.1 Å². The molecule has 0 atom stereocenters. The summed E-state index contributed by atoms with van der Waals surface area (Å²) in [5, 5.41) is 8.29. The van der Waals surface area contributed by atoms with E-state index in [1.54, 1.807) is 20.9 Å². The minimum absolute atomic E-state index is 0.0623. The van der Waals surface area contributed by atoms with E-state index in [0.29, 0.717) is 37.4 Å². The van der Waals surface area contributed by atoms with Crippen LogP contribution in [0.3, 0.4) is 0 Å². The molecule has 4 rings (SSSR count). The summed E-state index contributed by atoms with van der Waals surface area (Å²) in [6, 6.07) is 0.222. The minimum Gasteiger partial charge on any atom is -0.360 e. The Morgan fingerprint density at radius 2 is 1.71 bits per heavy atom. The van der Waals surface area contributed by atoms with Crippen molar-refractivity contribution in [2.45, 2.75) is 69.2 Å². The first-order chi connectivity index (χ1) is 13.3. The van der Waals surface area contributed by atoms with Crippen molar-refractivity contribution >= 4 is 10.0 Å². The number of aryl methyl sites for hydroxylation is 3. The van der Waals surface area contributed by atoms with Crippen molar-refractivity contribution in [2.24, 2.45) is 7.05 Å². The Bertz CT molecular complexity index is 1000. The van der Waals surface area contributed by atoms with Gasteiger partial charge in [-0.3, -0.25) is 4.57 Å². The van der Waals surface area contributed by atoms with Crippen molar-refractivity contribution in [1.29, 1.82) is 0 Å². The molecule has 2 aromatic rings. The van der Waals surface area contributed by atoms with E-state index < -0.39 is 10.0 Å². The molecule has 1 aliphatic heterocycles. The number of nitrogens with zero attached hydrogens (tertiary/aromatic N) is 5. The lowest BCUT2D eigenvalue weighted by molar-refractivity contribution is 0.303. The van der Waals surface area contributed by atoms with Crippen LogP contribution in [0.25, 0.3) is 0 Å². The fraction of sp³-hybridized carbons (Fsp3) is 0.722. The molecular formula is C18H27N5O4S. The minimum atomic E-state index is -3.63. The highest BCUT2D eigenvalue weighted by Gasteiger charge is 2.36. The summed E-state index contributed by atoms with van der Waals surface area (Å²) >= 11 is 0. The predicted molar refractivity (Wildman–Crippen MR) is 102 cm³/mol. The average Bonchev–Trinajstić information content (AvgIpc) is 3.37. The lowest BCUT2D eigenvalue weighted by Crippen LogP contribution is -2.39.